The first-order valence-electron chi connectivity index (χ1n) is 7.96. The molecule has 0 fully saturated rings. The molecule has 0 saturated carbocycles. The highest BCUT2D eigenvalue weighted by molar-refractivity contribution is 7.21. The van der Waals surface area contributed by atoms with Gasteiger partial charge in [-0.25, -0.2) is 0 Å². The van der Waals surface area contributed by atoms with Crippen molar-refractivity contribution in [2.24, 2.45) is 0 Å². The summed E-state index contributed by atoms with van der Waals surface area (Å²) in [7, 11) is 0. The van der Waals surface area contributed by atoms with E-state index in [1.54, 1.807) is 23.0 Å². The number of hydrogen-bond acceptors (Lipinski definition) is 3. The molecule has 0 aliphatic heterocycles. The number of anilines is 1. The van der Waals surface area contributed by atoms with Gasteiger partial charge in [-0.15, -0.1) is 11.3 Å². The van der Waals surface area contributed by atoms with Crippen LogP contribution < -0.4 is 5.32 Å². The van der Waals surface area contributed by atoms with Crippen LogP contribution >= 0.6 is 46.1 Å². The number of thiophene rings is 1. The summed E-state index contributed by atoms with van der Waals surface area (Å²) in [5.41, 5.74) is 1.64. The first-order valence-corrected chi connectivity index (χ1v) is 9.91. The van der Waals surface area contributed by atoms with Gasteiger partial charge >= 0.3 is 0 Å². The number of hydrogen-bond donors (Lipinski definition) is 1. The Labute approximate surface area is 174 Å². The summed E-state index contributed by atoms with van der Waals surface area (Å²) in [6.07, 6.45) is 3.58. The fourth-order valence-electron chi connectivity index (χ4n) is 2.79. The maximum atomic E-state index is 12.9. The highest BCUT2D eigenvalue weighted by Crippen LogP contribution is 2.41. The molecule has 4 aromatic rings. The van der Waals surface area contributed by atoms with E-state index in [-0.39, 0.29) is 5.91 Å². The molecule has 0 radical (unpaired) electrons. The predicted octanol–water partition coefficient (Wildman–Crippen LogP) is 6.36. The Morgan fingerprint density at radius 3 is 2.74 bits per heavy atom. The van der Waals surface area contributed by atoms with Crippen molar-refractivity contribution in [3.8, 4) is 0 Å². The largest absolute Gasteiger partial charge is 0.321 e. The molecule has 0 saturated heterocycles. The summed E-state index contributed by atoms with van der Waals surface area (Å²) in [5, 5.41) is 9.06. The van der Waals surface area contributed by atoms with Crippen molar-refractivity contribution in [1.29, 1.82) is 0 Å². The molecule has 0 atom stereocenters. The number of carbonyl (C=O) groups excluding carboxylic acids is 1. The van der Waals surface area contributed by atoms with Gasteiger partial charge in [-0.3, -0.25) is 9.48 Å². The number of nitrogens with zero attached hydrogens (tertiary/aromatic N) is 2. The number of halogens is 3. The van der Waals surface area contributed by atoms with Crippen LogP contribution in [0.1, 0.15) is 15.2 Å². The minimum Gasteiger partial charge on any atom is -0.321 e. The molecule has 1 amide bonds. The van der Waals surface area contributed by atoms with Gasteiger partial charge in [-0.1, -0.05) is 53.0 Å². The normalized spacial score (nSPS) is 11.1. The van der Waals surface area contributed by atoms with Crippen molar-refractivity contribution in [1.82, 2.24) is 9.78 Å². The van der Waals surface area contributed by atoms with Gasteiger partial charge in [0.05, 0.1) is 16.6 Å². The Morgan fingerprint density at radius 2 is 1.96 bits per heavy atom. The van der Waals surface area contributed by atoms with E-state index in [0.717, 1.165) is 10.3 Å². The summed E-state index contributed by atoms with van der Waals surface area (Å²) in [4.78, 5) is 13.3. The zero-order chi connectivity index (χ0) is 19.0. The molecule has 0 aliphatic rings. The molecule has 136 valence electrons. The zero-order valence-electron chi connectivity index (χ0n) is 13.7. The highest BCUT2D eigenvalue weighted by Gasteiger charge is 2.20. The first kappa shape index (κ1) is 18.3. The van der Waals surface area contributed by atoms with E-state index >= 15 is 0 Å². The lowest BCUT2D eigenvalue weighted by atomic mass is 10.1. The van der Waals surface area contributed by atoms with Crippen LogP contribution in [0.15, 0.2) is 54.9 Å². The second-order valence-electron chi connectivity index (χ2n) is 5.82. The summed E-state index contributed by atoms with van der Waals surface area (Å²) in [5.74, 6) is -0.290. The first-order chi connectivity index (χ1) is 13.0. The zero-order valence-corrected chi connectivity index (χ0v) is 16.8. The molecule has 2 aromatic carbocycles. The average molecular weight is 437 g/mol. The van der Waals surface area contributed by atoms with E-state index < -0.39 is 0 Å². The Balaban J connectivity index is 1.66. The molecule has 4 nitrogen and oxygen atoms in total. The molecule has 8 heteroatoms. The Bertz CT molecular complexity index is 1140. The molecular formula is C19H12Cl3N3OS. The fourth-order valence-corrected chi connectivity index (χ4v) is 5.06. The fraction of sp³-hybridized carbons (Fsp3) is 0.0526. The summed E-state index contributed by atoms with van der Waals surface area (Å²) in [6.45, 7) is 0.547. The van der Waals surface area contributed by atoms with Gasteiger partial charge in [0.25, 0.3) is 5.91 Å². The van der Waals surface area contributed by atoms with Gasteiger partial charge in [0.1, 0.15) is 4.88 Å². The van der Waals surface area contributed by atoms with Crippen LogP contribution in [0.5, 0.6) is 0 Å². The standard InChI is InChI=1S/C19H12Cl3N3OS/c20-12-8-13(21)16-15(9-12)27-18(17(16)22)19(26)24-14-5-2-1-4-11(14)10-25-7-3-6-23-25/h1-9H,10H2,(H,24,26). The maximum absolute atomic E-state index is 12.9. The number of benzene rings is 2. The van der Waals surface area contributed by atoms with Crippen molar-refractivity contribution in [2.75, 3.05) is 5.32 Å². The lowest BCUT2D eigenvalue weighted by molar-refractivity contribution is 0.103. The van der Waals surface area contributed by atoms with Crippen molar-refractivity contribution in [3.05, 3.63) is 80.4 Å². The minimum absolute atomic E-state index is 0.290. The lowest BCUT2D eigenvalue weighted by Gasteiger charge is -2.11. The smallest absolute Gasteiger partial charge is 0.267 e. The molecule has 0 unspecified atom stereocenters. The molecule has 0 spiro atoms. The van der Waals surface area contributed by atoms with Crippen molar-refractivity contribution in [3.63, 3.8) is 0 Å². The van der Waals surface area contributed by atoms with E-state index in [1.165, 1.54) is 11.3 Å². The number of aromatic nitrogens is 2. The van der Waals surface area contributed by atoms with Gasteiger partial charge in [0.2, 0.25) is 0 Å². The predicted molar refractivity (Wildman–Crippen MR) is 113 cm³/mol. The van der Waals surface area contributed by atoms with Gasteiger partial charge < -0.3 is 5.32 Å². The van der Waals surface area contributed by atoms with E-state index in [1.807, 2.05) is 36.5 Å². The lowest BCUT2D eigenvalue weighted by Crippen LogP contribution is -2.13. The Kier molecular flexibility index (Phi) is 5.10. The number of nitrogens with one attached hydrogen (secondary N) is 1. The number of para-hydroxylation sites is 1. The molecular weight excluding hydrogens is 425 g/mol. The highest BCUT2D eigenvalue weighted by atomic mass is 35.5. The van der Waals surface area contributed by atoms with E-state index in [0.29, 0.717) is 37.6 Å². The van der Waals surface area contributed by atoms with Crippen LogP contribution in [0.2, 0.25) is 15.1 Å². The average Bonchev–Trinajstić information content (AvgIpc) is 3.24. The second-order valence-corrected chi connectivity index (χ2v) is 8.09. The maximum Gasteiger partial charge on any atom is 0.267 e. The summed E-state index contributed by atoms with van der Waals surface area (Å²) >= 11 is 20.0. The van der Waals surface area contributed by atoms with Gasteiger partial charge in [-0.05, 0) is 29.8 Å². The monoisotopic (exact) mass is 435 g/mol. The molecule has 0 bridgehead atoms. The van der Waals surface area contributed by atoms with Crippen LogP contribution in [-0.4, -0.2) is 15.7 Å². The van der Waals surface area contributed by atoms with Gasteiger partial charge in [0, 0.05) is 33.2 Å². The van der Waals surface area contributed by atoms with Gasteiger partial charge in [-0.2, -0.15) is 5.10 Å². The van der Waals surface area contributed by atoms with Crippen LogP contribution in [0.4, 0.5) is 5.69 Å². The van der Waals surface area contributed by atoms with Crippen LogP contribution in [0.3, 0.4) is 0 Å². The third-order valence-electron chi connectivity index (χ3n) is 4.01. The third kappa shape index (κ3) is 3.69. The van der Waals surface area contributed by atoms with E-state index in [9.17, 15) is 4.79 Å². The van der Waals surface area contributed by atoms with Crippen LogP contribution in [0, 0.1) is 0 Å². The molecule has 1 N–H and O–H groups in total. The third-order valence-corrected chi connectivity index (χ3v) is 6.15. The van der Waals surface area contributed by atoms with Crippen molar-refractivity contribution in [2.45, 2.75) is 6.54 Å². The Morgan fingerprint density at radius 1 is 1.15 bits per heavy atom. The number of rotatable bonds is 4. The number of carbonyl (C=O) groups is 1. The number of fused-ring (bicyclic) bond motifs is 1. The van der Waals surface area contributed by atoms with E-state index in [2.05, 4.69) is 10.4 Å². The van der Waals surface area contributed by atoms with Crippen molar-refractivity contribution < 1.29 is 4.79 Å². The second kappa shape index (κ2) is 7.52. The van der Waals surface area contributed by atoms with Crippen molar-refractivity contribution >= 4 is 67.8 Å². The molecule has 2 aromatic heterocycles. The quantitative estimate of drug-likeness (QED) is 0.404. The van der Waals surface area contributed by atoms with Gasteiger partial charge in [0.15, 0.2) is 0 Å². The molecule has 2 heterocycles. The number of amides is 1. The van der Waals surface area contributed by atoms with E-state index in [4.69, 9.17) is 34.8 Å². The minimum atomic E-state index is -0.290. The summed E-state index contributed by atoms with van der Waals surface area (Å²) in [6, 6.07) is 12.8. The molecule has 0 aliphatic carbocycles. The summed E-state index contributed by atoms with van der Waals surface area (Å²) < 4.78 is 2.56. The topological polar surface area (TPSA) is 46.9 Å². The SMILES string of the molecule is O=C(Nc1ccccc1Cn1cccn1)c1sc2cc(Cl)cc(Cl)c2c1Cl. The van der Waals surface area contributed by atoms with Crippen LogP contribution in [-0.2, 0) is 6.54 Å². The molecule has 4 rings (SSSR count). The molecule has 27 heavy (non-hydrogen) atoms. The van der Waals surface area contributed by atoms with Crippen LogP contribution in [0.25, 0.3) is 10.1 Å². The Hall–Kier alpha value is -2.05.